The molecular formula is C70H68FNO14. The van der Waals surface area contributed by atoms with Gasteiger partial charge in [0.05, 0.1) is 71.6 Å². The van der Waals surface area contributed by atoms with Gasteiger partial charge in [-0.1, -0.05) is 176 Å². The first-order chi connectivity index (χ1) is 42.3. The highest BCUT2D eigenvalue weighted by molar-refractivity contribution is 6.21. The molecule has 0 aromatic heterocycles. The number of halogens is 1. The summed E-state index contributed by atoms with van der Waals surface area (Å²) in [6.07, 6.45) is -13.5. The quantitative estimate of drug-likeness (QED) is 0.0355. The van der Waals surface area contributed by atoms with Crippen LogP contribution in [0.3, 0.4) is 0 Å². The van der Waals surface area contributed by atoms with Crippen molar-refractivity contribution in [3.8, 4) is 17.2 Å². The zero-order valence-electron chi connectivity index (χ0n) is 47.7. The molecule has 3 heterocycles. The SMILES string of the molecule is COc1ccc(O[C@@H]2O[C@H](COCc3ccccc3)[C@@H](OC(O[C@@H]3C(F)O[C@H](COCc4ccccc4)[C@@H](OCc4ccccc4)[C@@H]3OCc3ccccc3)c3ccc(OC)cc3)[C@H](OCc3ccccc3)[C@H]2N2C(=O)c3ccccc3C2=O)cc1. The Balaban J connectivity index is 1.02. The fraction of sp³-hybridized carbons (Fsp3) is 0.286. The van der Waals surface area contributed by atoms with Crippen molar-refractivity contribution in [1.29, 1.82) is 0 Å². The summed E-state index contributed by atoms with van der Waals surface area (Å²) < 4.78 is 97.6. The molecule has 0 N–H and O–H groups in total. The van der Waals surface area contributed by atoms with Gasteiger partial charge in [-0.05, 0) is 76.3 Å². The summed E-state index contributed by atoms with van der Waals surface area (Å²) in [7, 11) is 3.11. The number of amides is 2. The Bertz CT molecular complexity index is 3340. The molecular weight excluding hydrogens is 1100 g/mol. The predicted octanol–water partition coefficient (Wildman–Crippen LogP) is 11.8. The second kappa shape index (κ2) is 29.3. The summed E-state index contributed by atoms with van der Waals surface area (Å²) in [5, 5.41) is 0. The molecule has 2 unspecified atom stereocenters. The largest absolute Gasteiger partial charge is 0.497 e. The topological polar surface area (TPSA) is 148 Å². The number of hydrogen-bond donors (Lipinski definition) is 0. The maximum atomic E-state index is 17.9. The van der Waals surface area contributed by atoms with Crippen molar-refractivity contribution < 1.29 is 70.8 Å². The molecule has 2 saturated heterocycles. The predicted molar refractivity (Wildman–Crippen MR) is 316 cm³/mol. The first-order valence-corrected chi connectivity index (χ1v) is 28.7. The van der Waals surface area contributed by atoms with E-state index in [1.165, 1.54) is 0 Å². The molecule has 0 radical (unpaired) electrons. The third-order valence-corrected chi connectivity index (χ3v) is 15.2. The van der Waals surface area contributed by atoms with Crippen molar-refractivity contribution in [2.75, 3.05) is 27.4 Å². The molecule has 0 spiro atoms. The molecule has 86 heavy (non-hydrogen) atoms. The van der Waals surface area contributed by atoms with E-state index >= 15 is 4.39 Å². The third-order valence-electron chi connectivity index (χ3n) is 15.2. The normalized spacial score (nSPS) is 23.1. The van der Waals surface area contributed by atoms with Gasteiger partial charge in [-0.2, -0.15) is 0 Å². The van der Waals surface area contributed by atoms with Crippen LogP contribution in [0.25, 0.3) is 0 Å². The van der Waals surface area contributed by atoms with Gasteiger partial charge in [-0.25, -0.2) is 4.39 Å². The van der Waals surface area contributed by atoms with E-state index in [1.807, 2.05) is 152 Å². The maximum Gasteiger partial charge on any atom is 0.262 e. The number of benzene rings is 8. The molecule has 2 amide bonds. The number of nitrogens with zero attached hydrogens (tertiary/aromatic N) is 1. The Morgan fingerprint density at radius 1 is 0.419 bits per heavy atom. The average molecular weight is 1170 g/mol. The highest BCUT2D eigenvalue weighted by Crippen LogP contribution is 2.41. The number of carbonyl (C=O) groups is 2. The first kappa shape index (κ1) is 59.6. The van der Waals surface area contributed by atoms with Crippen LogP contribution in [0.15, 0.2) is 224 Å². The van der Waals surface area contributed by atoms with E-state index in [1.54, 1.807) is 87.0 Å². The van der Waals surface area contributed by atoms with E-state index < -0.39 is 79.5 Å². The number of carbonyl (C=O) groups excluding carboxylic acids is 2. The fourth-order valence-corrected chi connectivity index (χ4v) is 10.8. The summed E-state index contributed by atoms with van der Waals surface area (Å²) in [4.78, 5) is 31.1. The van der Waals surface area contributed by atoms with Crippen molar-refractivity contribution in [3.63, 3.8) is 0 Å². The number of methoxy groups -OCH3 is 2. The molecule has 3 aliphatic rings. The molecule has 2 fully saturated rings. The summed E-state index contributed by atoms with van der Waals surface area (Å²) in [5.74, 6) is 0.231. The van der Waals surface area contributed by atoms with Crippen LogP contribution in [0.1, 0.15) is 60.4 Å². The Kier molecular flexibility index (Phi) is 20.3. The maximum absolute atomic E-state index is 17.9. The summed E-state index contributed by atoms with van der Waals surface area (Å²) in [6.45, 7) is 0.315. The van der Waals surface area contributed by atoms with Gasteiger partial charge in [0.25, 0.3) is 11.8 Å². The summed E-state index contributed by atoms with van der Waals surface area (Å²) in [5.41, 5.74) is 5.04. The minimum atomic E-state index is -2.16. The van der Waals surface area contributed by atoms with Gasteiger partial charge in [-0.15, -0.1) is 0 Å². The number of hydrogen-bond acceptors (Lipinski definition) is 14. The van der Waals surface area contributed by atoms with Crippen LogP contribution in [-0.4, -0.2) is 106 Å². The number of ether oxygens (including phenoxy) is 12. The Labute approximate surface area is 499 Å². The molecule has 15 nitrogen and oxygen atoms in total. The molecule has 11 atom stereocenters. The van der Waals surface area contributed by atoms with Gasteiger partial charge in [-0.3, -0.25) is 14.5 Å². The Morgan fingerprint density at radius 3 is 1.27 bits per heavy atom. The van der Waals surface area contributed by atoms with Gasteiger partial charge in [0, 0.05) is 5.56 Å². The van der Waals surface area contributed by atoms with Crippen molar-refractivity contribution in [2.45, 2.75) is 101 Å². The lowest BCUT2D eigenvalue weighted by Gasteiger charge is -2.49. The van der Waals surface area contributed by atoms with Gasteiger partial charge in [0.1, 0.15) is 66.0 Å². The lowest BCUT2D eigenvalue weighted by Crippen LogP contribution is -2.68. The molecule has 8 aromatic rings. The minimum absolute atomic E-state index is 0.0292. The smallest absolute Gasteiger partial charge is 0.262 e. The fourth-order valence-electron chi connectivity index (χ4n) is 10.8. The van der Waals surface area contributed by atoms with E-state index in [0.29, 0.717) is 22.8 Å². The molecule has 0 bridgehead atoms. The van der Waals surface area contributed by atoms with E-state index in [0.717, 1.165) is 32.7 Å². The van der Waals surface area contributed by atoms with Crippen LogP contribution in [0.2, 0.25) is 0 Å². The molecule has 444 valence electrons. The van der Waals surface area contributed by atoms with E-state index in [-0.39, 0.29) is 57.4 Å². The van der Waals surface area contributed by atoms with E-state index in [9.17, 15) is 9.59 Å². The monoisotopic (exact) mass is 1170 g/mol. The van der Waals surface area contributed by atoms with Gasteiger partial charge in [0.2, 0.25) is 12.6 Å². The Hall–Kier alpha value is -8.13. The van der Waals surface area contributed by atoms with Crippen LogP contribution in [0, 0.1) is 0 Å². The number of imide groups is 1. The zero-order valence-corrected chi connectivity index (χ0v) is 47.7. The lowest BCUT2D eigenvalue weighted by molar-refractivity contribution is -0.348. The molecule has 8 aromatic carbocycles. The number of rotatable bonds is 27. The summed E-state index contributed by atoms with van der Waals surface area (Å²) >= 11 is 0. The highest BCUT2D eigenvalue weighted by atomic mass is 19.1. The molecule has 3 aliphatic heterocycles. The lowest BCUT2D eigenvalue weighted by atomic mass is 9.94. The number of alkyl halides is 1. The van der Waals surface area contributed by atoms with E-state index in [4.69, 9.17) is 56.8 Å². The van der Waals surface area contributed by atoms with Gasteiger partial charge < -0.3 is 56.8 Å². The van der Waals surface area contributed by atoms with Crippen molar-refractivity contribution in [2.24, 2.45) is 0 Å². The second-order valence-corrected chi connectivity index (χ2v) is 21.0. The van der Waals surface area contributed by atoms with Crippen LogP contribution < -0.4 is 14.2 Å². The van der Waals surface area contributed by atoms with E-state index in [2.05, 4.69) is 0 Å². The van der Waals surface area contributed by atoms with Gasteiger partial charge in [0.15, 0.2) is 6.29 Å². The van der Waals surface area contributed by atoms with Crippen molar-refractivity contribution in [3.05, 3.63) is 269 Å². The Morgan fingerprint density at radius 2 is 0.802 bits per heavy atom. The number of fused-ring (bicyclic) bond motifs is 1. The standard InChI is InChI=1S/C70H68FNO14/c1-75-53-34-32-52(33-35-53)69(86-65-64(81-44-51-28-16-7-17-29-51)61(79-42-49-24-12-5-13-25-49)58(83-66(65)71)45-77-40-47-20-8-3-9-21-47)85-62-59(46-78-41-48-22-10-4-11-23-48)84-70(82-55-38-36-54(76-2)37-39-55)60(63(62)80-43-50-26-14-6-15-27-50)72-67(73)56-30-18-19-31-57(56)68(72)74/h3-39,58-66,69-70H,40-46H2,1-2H3/t58-,59-,60-,61-,62-,63-,64+,65+,66?,69?,70-/m1/s1. The van der Waals surface area contributed by atoms with Crippen molar-refractivity contribution >= 4 is 11.8 Å². The molecule has 11 rings (SSSR count). The average Bonchev–Trinajstić information content (AvgIpc) is 2.00. The molecule has 0 aliphatic carbocycles. The van der Waals surface area contributed by atoms with Crippen molar-refractivity contribution in [1.82, 2.24) is 4.90 Å². The van der Waals surface area contributed by atoms with Crippen LogP contribution >= 0.6 is 0 Å². The van der Waals surface area contributed by atoms with Crippen LogP contribution in [0.4, 0.5) is 4.39 Å². The minimum Gasteiger partial charge on any atom is -0.497 e. The third kappa shape index (κ3) is 14.7. The highest BCUT2D eigenvalue weighted by Gasteiger charge is 2.57. The van der Waals surface area contributed by atoms with Crippen LogP contribution in [0.5, 0.6) is 17.2 Å². The second-order valence-electron chi connectivity index (χ2n) is 21.0. The molecule has 16 heteroatoms. The first-order valence-electron chi connectivity index (χ1n) is 28.7. The van der Waals surface area contributed by atoms with Gasteiger partial charge >= 0.3 is 0 Å². The molecule has 0 saturated carbocycles. The zero-order chi connectivity index (χ0) is 59.0. The summed E-state index contributed by atoms with van der Waals surface area (Å²) in [6, 6.07) is 67.0. The van der Waals surface area contributed by atoms with Crippen LogP contribution in [-0.2, 0) is 75.7 Å².